The number of halogens is 1. The van der Waals surface area contributed by atoms with Gasteiger partial charge in [0.2, 0.25) is 0 Å². The average Bonchev–Trinajstić information content (AvgIpc) is 2.88. The molecule has 1 aromatic heterocycles. The third-order valence-electron chi connectivity index (χ3n) is 3.00. The molecular formula is C16H20BrNOS. The van der Waals surface area contributed by atoms with E-state index in [1.807, 2.05) is 19.1 Å². The molecule has 1 aromatic carbocycles. The molecule has 0 aliphatic heterocycles. The zero-order valence-corrected chi connectivity index (χ0v) is 14.3. The van der Waals surface area contributed by atoms with Gasteiger partial charge in [-0.1, -0.05) is 19.1 Å². The highest BCUT2D eigenvalue weighted by atomic mass is 79.9. The highest BCUT2D eigenvalue weighted by molar-refractivity contribution is 9.10. The van der Waals surface area contributed by atoms with Crippen molar-refractivity contribution in [3.63, 3.8) is 0 Å². The number of hydrogen-bond donors (Lipinski definition) is 1. The smallest absolute Gasteiger partial charge is 0.119 e. The van der Waals surface area contributed by atoms with Gasteiger partial charge >= 0.3 is 0 Å². The van der Waals surface area contributed by atoms with Crippen LogP contribution in [0, 0.1) is 0 Å². The van der Waals surface area contributed by atoms with E-state index in [1.165, 1.54) is 10.4 Å². The van der Waals surface area contributed by atoms with Gasteiger partial charge in [0.05, 0.1) is 12.6 Å². The zero-order chi connectivity index (χ0) is 14.4. The molecular weight excluding hydrogens is 334 g/mol. The molecule has 1 unspecified atom stereocenters. The minimum absolute atomic E-state index is 0.252. The molecule has 0 spiro atoms. The van der Waals surface area contributed by atoms with Gasteiger partial charge in [0.25, 0.3) is 0 Å². The molecule has 1 N–H and O–H groups in total. The number of nitrogens with one attached hydrogen (secondary N) is 1. The Balaban J connectivity index is 2.21. The van der Waals surface area contributed by atoms with Crippen molar-refractivity contribution in [3.8, 4) is 5.75 Å². The average molecular weight is 354 g/mol. The maximum absolute atomic E-state index is 5.51. The number of hydrogen-bond acceptors (Lipinski definition) is 3. The van der Waals surface area contributed by atoms with Crippen LogP contribution < -0.4 is 10.1 Å². The van der Waals surface area contributed by atoms with E-state index in [0.29, 0.717) is 6.61 Å². The first-order valence-electron chi connectivity index (χ1n) is 6.94. The summed E-state index contributed by atoms with van der Waals surface area (Å²) in [6, 6.07) is 10.8. The Labute approximate surface area is 133 Å². The molecule has 0 aliphatic carbocycles. The van der Waals surface area contributed by atoms with Crippen molar-refractivity contribution in [1.82, 2.24) is 5.32 Å². The summed E-state index contributed by atoms with van der Waals surface area (Å²) in [7, 11) is 0. The second-order valence-corrected chi connectivity index (χ2v) is 6.41. The highest BCUT2D eigenvalue weighted by Gasteiger charge is 2.15. The molecule has 0 amide bonds. The van der Waals surface area contributed by atoms with Crippen molar-refractivity contribution in [3.05, 3.63) is 50.6 Å². The first kappa shape index (κ1) is 15.5. The van der Waals surface area contributed by atoms with Crippen LogP contribution in [0.25, 0.3) is 0 Å². The standard InChI is InChI=1S/C16H20BrNOS/c1-3-9-18-16(15-10-13(17)11-20-15)12-5-7-14(8-6-12)19-4-2/h5-8,10-11,16,18H,3-4,9H2,1-2H3. The Hall–Kier alpha value is -0.840. The molecule has 0 saturated carbocycles. The lowest BCUT2D eigenvalue weighted by molar-refractivity contribution is 0.340. The number of thiophene rings is 1. The molecule has 0 bridgehead atoms. The minimum atomic E-state index is 0.252. The van der Waals surface area contributed by atoms with Crippen LogP contribution in [0.3, 0.4) is 0 Å². The van der Waals surface area contributed by atoms with Gasteiger partial charge in [0.1, 0.15) is 5.75 Å². The second-order valence-electron chi connectivity index (χ2n) is 4.56. The monoisotopic (exact) mass is 353 g/mol. The van der Waals surface area contributed by atoms with Crippen LogP contribution in [-0.4, -0.2) is 13.2 Å². The van der Waals surface area contributed by atoms with Crippen LogP contribution in [-0.2, 0) is 0 Å². The number of benzene rings is 1. The fraction of sp³-hybridized carbons (Fsp3) is 0.375. The molecule has 1 heterocycles. The van der Waals surface area contributed by atoms with Gasteiger partial charge in [-0.2, -0.15) is 0 Å². The number of rotatable bonds is 7. The SMILES string of the molecule is CCCNC(c1ccc(OCC)cc1)c1cc(Br)cs1. The van der Waals surface area contributed by atoms with Crippen molar-refractivity contribution in [2.24, 2.45) is 0 Å². The van der Waals surface area contributed by atoms with Crippen LogP contribution in [0.5, 0.6) is 5.75 Å². The Morgan fingerprint density at radius 2 is 2.00 bits per heavy atom. The summed E-state index contributed by atoms with van der Waals surface area (Å²) in [5.74, 6) is 0.929. The molecule has 0 fully saturated rings. The van der Waals surface area contributed by atoms with Crippen molar-refractivity contribution < 1.29 is 4.74 Å². The summed E-state index contributed by atoms with van der Waals surface area (Å²) >= 11 is 5.31. The van der Waals surface area contributed by atoms with Crippen molar-refractivity contribution >= 4 is 27.3 Å². The fourth-order valence-corrected chi connectivity index (χ4v) is 3.62. The van der Waals surface area contributed by atoms with Crippen LogP contribution >= 0.6 is 27.3 Å². The van der Waals surface area contributed by atoms with E-state index in [9.17, 15) is 0 Å². The Kier molecular flexibility index (Phi) is 6.07. The minimum Gasteiger partial charge on any atom is -0.494 e. The molecule has 4 heteroatoms. The summed E-state index contributed by atoms with van der Waals surface area (Å²) in [6.45, 7) is 5.90. The lowest BCUT2D eigenvalue weighted by Gasteiger charge is -2.18. The zero-order valence-electron chi connectivity index (χ0n) is 11.9. The van der Waals surface area contributed by atoms with E-state index in [1.54, 1.807) is 11.3 Å². The highest BCUT2D eigenvalue weighted by Crippen LogP contribution is 2.31. The summed E-state index contributed by atoms with van der Waals surface area (Å²) in [4.78, 5) is 1.33. The topological polar surface area (TPSA) is 21.3 Å². The van der Waals surface area contributed by atoms with E-state index in [-0.39, 0.29) is 6.04 Å². The summed E-state index contributed by atoms with van der Waals surface area (Å²) < 4.78 is 6.65. The van der Waals surface area contributed by atoms with Crippen LogP contribution in [0.15, 0.2) is 40.2 Å². The van der Waals surface area contributed by atoms with E-state index in [0.717, 1.165) is 23.2 Å². The van der Waals surface area contributed by atoms with Crippen molar-refractivity contribution in [2.45, 2.75) is 26.3 Å². The lowest BCUT2D eigenvalue weighted by Crippen LogP contribution is -2.22. The maximum Gasteiger partial charge on any atom is 0.119 e. The quantitative estimate of drug-likeness (QED) is 0.756. The molecule has 0 saturated heterocycles. The Morgan fingerprint density at radius 1 is 1.25 bits per heavy atom. The van der Waals surface area contributed by atoms with E-state index in [2.05, 4.69) is 51.7 Å². The third kappa shape index (κ3) is 4.08. The summed E-state index contributed by atoms with van der Waals surface area (Å²) in [5, 5.41) is 5.75. The molecule has 1 atom stereocenters. The van der Waals surface area contributed by atoms with Gasteiger partial charge in [-0.15, -0.1) is 11.3 Å². The van der Waals surface area contributed by atoms with Crippen LogP contribution in [0.2, 0.25) is 0 Å². The van der Waals surface area contributed by atoms with Crippen LogP contribution in [0.4, 0.5) is 0 Å². The first-order valence-corrected chi connectivity index (χ1v) is 8.62. The van der Waals surface area contributed by atoms with E-state index in [4.69, 9.17) is 4.74 Å². The fourth-order valence-electron chi connectivity index (χ4n) is 2.07. The first-order chi connectivity index (χ1) is 9.74. The molecule has 0 radical (unpaired) electrons. The maximum atomic E-state index is 5.51. The molecule has 0 aliphatic rings. The van der Waals surface area contributed by atoms with Gasteiger partial charge in [-0.05, 0) is 59.6 Å². The van der Waals surface area contributed by atoms with Gasteiger partial charge in [-0.25, -0.2) is 0 Å². The van der Waals surface area contributed by atoms with Gasteiger partial charge in [0.15, 0.2) is 0 Å². The van der Waals surface area contributed by atoms with Gasteiger partial charge in [-0.3, -0.25) is 0 Å². The van der Waals surface area contributed by atoms with Gasteiger partial charge < -0.3 is 10.1 Å². The molecule has 108 valence electrons. The molecule has 20 heavy (non-hydrogen) atoms. The third-order valence-corrected chi connectivity index (χ3v) is 4.75. The van der Waals surface area contributed by atoms with Crippen molar-refractivity contribution in [1.29, 1.82) is 0 Å². The summed E-state index contributed by atoms with van der Waals surface area (Å²) in [5.41, 5.74) is 1.27. The number of ether oxygens (including phenoxy) is 1. The Bertz CT molecular complexity index is 524. The van der Waals surface area contributed by atoms with Gasteiger partial charge in [0, 0.05) is 14.7 Å². The van der Waals surface area contributed by atoms with Crippen molar-refractivity contribution in [2.75, 3.05) is 13.2 Å². The largest absolute Gasteiger partial charge is 0.494 e. The second kappa shape index (κ2) is 7.81. The molecule has 2 nitrogen and oxygen atoms in total. The van der Waals surface area contributed by atoms with Crippen LogP contribution in [0.1, 0.15) is 36.8 Å². The van der Waals surface area contributed by atoms with E-state index < -0.39 is 0 Å². The lowest BCUT2D eigenvalue weighted by atomic mass is 10.1. The predicted octanol–water partition coefficient (Wildman–Crippen LogP) is 5.00. The molecule has 2 aromatic rings. The van der Waals surface area contributed by atoms with E-state index >= 15 is 0 Å². The Morgan fingerprint density at radius 3 is 2.55 bits per heavy atom. The normalized spacial score (nSPS) is 12.3. The predicted molar refractivity (Wildman–Crippen MR) is 89.8 cm³/mol. The molecule has 2 rings (SSSR count). The summed E-state index contributed by atoms with van der Waals surface area (Å²) in [6.07, 6.45) is 1.13.